The molecule has 1 fully saturated rings. The van der Waals surface area contributed by atoms with Gasteiger partial charge in [-0.3, -0.25) is 9.59 Å². The zero-order valence-corrected chi connectivity index (χ0v) is 17.6. The summed E-state index contributed by atoms with van der Waals surface area (Å²) in [4.78, 5) is 26.7. The van der Waals surface area contributed by atoms with Gasteiger partial charge in [0.1, 0.15) is 0 Å². The number of amides is 2. The van der Waals surface area contributed by atoms with E-state index in [9.17, 15) is 9.59 Å². The molecule has 0 aliphatic heterocycles. The van der Waals surface area contributed by atoms with Gasteiger partial charge < -0.3 is 10.2 Å². The predicted molar refractivity (Wildman–Crippen MR) is 109 cm³/mol. The second-order valence-electron chi connectivity index (χ2n) is 7.23. The molecule has 2 rings (SSSR count). The highest BCUT2D eigenvalue weighted by molar-refractivity contribution is 9.10. The molecule has 0 spiro atoms. The number of halogens is 1. The highest BCUT2D eigenvalue weighted by Gasteiger charge is 2.39. The van der Waals surface area contributed by atoms with Gasteiger partial charge in [0.25, 0.3) is 0 Å². The lowest BCUT2D eigenvalue weighted by atomic mass is 9.71. The summed E-state index contributed by atoms with van der Waals surface area (Å²) in [5.41, 5.74) is 0.945. The first-order valence-electron chi connectivity index (χ1n) is 9.85. The van der Waals surface area contributed by atoms with Gasteiger partial charge in [0.05, 0.1) is 5.54 Å². The number of carbonyl (C=O) groups is 2. The van der Waals surface area contributed by atoms with Crippen LogP contribution in [-0.2, 0) is 15.1 Å². The maximum Gasteiger partial charge on any atom is 0.222 e. The van der Waals surface area contributed by atoms with Crippen LogP contribution in [0.5, 0.6) is 0 Å². The third kappa shape index (κ3) is 5.57. The van der Waals surface area contributed by atoms with Crippen molar-refractivity contribution in [3.63, 3.8) is 0 Å². The summed E-state index contributed by atoms with van der Waals surface area (Å²) in [5.74, 6) is 0.224. The van der Waals surface area contributed by atoms with Crippen molar-refractivity contribution in [1.29, 1.82) is 0 Å². The standard InChI is InChI=1S/C21H31BrN2O2/c1-3-14-24(15-4-2)20(26)11-6-10-19(25)23-21(12-7-13-21)17-8-5-9-18(22)16-17/h5,8-9,16H,3-4,6-7,10-15H2,1-2H3,(H,23,25). The van der Waals surface area contributed by atoms with Gasteiger partial charge in [-0.1, -0.05) is 41.9 Å². The molecule has 4 nitrogen and oxygen atoms in total. The third-order valence-electron chi connectivity index (χ3n) is 5.10. The van der Waals surface area contributed by atoms with Crippen molar-refractivity contribution >= 4 is 27.7 Å². The summed E-state index contributed by atoms with van der Waals surface area (Å²) < 4.78 is 1.04. The Morgan fingerprint density at radius 3 is 2.38 bits per heavy atom. The molecule has 1 aromatic carbocycles. The van der Waals surface area contributed by atoms with Gasteiger partial charge in [-0.15, -0.1) is 0 Å². The van der Waals surface area contributed by atoms with E-state index in [1.165, 1.54) is 5.56 Å². The van der Waals surface area contributed by atoms with Crippen molar-refractivity contribution in [2.24, 2.45) is 0 Å². The molecule has 0 aromatic heterocycles. The lowest BCUT2D eigenvalue weighted by Gasteiger charge is -2.43. The van der Waals surface area contributed by atoms with Gasteiger partial charge in [0.15, 0.2) is 0 Å². The van der Waals surface area contributed by atoms with Gasteiger partial charge in [-0.05, 0) is 56.2 Å². The van der Waals surface area contributed by atoms with E-state index in [1.807, 2.05) is 17.0 Å². The highest BCUT2D eigenvalue weighted by Crippen LogP contribution is 2.42. The minimum Gasteiger partial charge on any atom is -0.347 e. The SMILES string of the molecule is CCCN(CCC)C(=O)CCCC(=O)NC1(c2cccc(Br)c2)CCC1. The zero-order valence-electron chi connectivity index (χ0n) is 16.0. The van der Waals surface area contributed by atoms with Gasteiger partial charge in [0.2, 0.25) is 11.8 Å². The number of carbonyl (C=O) groups excluding carboxylic acids is 2. The first-order valence-corrected chi connectivity index (χ1v) is 10.6. The van der Waals surface area contributed by atoms with Crippen molar-refractivity contribution in [1.82, 2.24) is 10.2 Å². The van der Waals surface area contributed by atoms with Crippen LogP contribution in [0, 0.1) is 0 Å². The smallest absolute Gasteiger partial charge is 0.222 e. The molecule has 0 heterocycles. The second kappa shape index (κ2) is 10.1. The fourth-order valence-electron chi connectivity index (χ4n) is 3.59. The summed E-state index contributed by atoms with van der Waals surface area (Å²) >= 11 is 3.52. The number of rotatable bonds is 10. The number of nitrogens with zero attached hydrogens (tertiary/aromatic N) is 1. The summed E-state index contributed by atoms with van der Waals surface area (Å²) in [6.07, 6.45) is 6.52. The van der Waals surface area contributed by atoms with E-state index in [2.05, 4.69) is 47.2 Å². The lowest BCUT2D eigenvalue weighted by molar-refractivity contribution is -0.131. The Labute approximate surface area is 165 Å². The minimum atomic E-state index is -0.221. The van der Waals surface area contributed by atoms with Crippen LogP contribution in [0.4, 0.5) is 0 Å². The molecule has 0 saturated heterocycles. The molecular weight excluding hydrogens is 392 g/mol. The number of hydrogen-bond donors (Lipinski definition) is 1. The molecule has 0 atom stereocenters. The largest absolute Gasteiger partial charge is 0.347 e. The second-order valence-corrected chi connectivity index (χ2v) is 8.14. The molecule has 1 aliphatic carbocycles. The third-order valence-corrected chi connectivity index (χ3v) is 5.59. The van der Waals surface area contributed by atoms with Crippen LogP contribution in [0.2, 0.25) is 0 Å². The topological polar surface area (TPSA) is 49.4 Å². The first-order chi connectivity index (χ1) is 12.5. The van der Waals surface area contributed by atoms with Crippen LogP contribution >= 0.6 is 15.9 Å². The molecular formula is C21H31BrN2O2. The molecule has 26 heavy (non-hydrogen) atoms. The van der Waals surface area contributed by atoms with Crippen LogP contribution in [0.3, 0.4) is 0 Å². The minimum absolute atomic E-state index is 0.0509. The molecule has 1 N–H and O–H groups in total. The molecule has 2 amide bonds. The monoisotopic (exact) mass is 422 g/mol. The molecule has 0 radical (unpaired) electrons. The number of hydrogen-bond acceptors (Lipinski definition) is 2. The molecule has 1 aliphatic rings. The Hall–Kier alpha value is -1.36. The Morgan fingerprint density at radius 1 is 1.15 bits per heavy atom. The van der Waals surface area contributed by atoms with Gasteiger partial charge >= 0.3 is 0 Å². The molecule has 1 saturated carbocycles. The van der Waals surface area contributed by atoms with E-state index in [4.69, 9.17) is 0 Å². The molecule has 5 heteroatoms. The Bertz CT molecular complexity index is 608. The van der Waals surface area contributed by atoms with E-state index >= 15 is 0 Å². The molecule has 144 valence electrons. The maximum absolute atomic E-state index is 12.5. The van der Waals surface area contributed by atoms with Crippen molar-refractivity contribution < 1.29 is 9.59 Å². The number of nitrogens with one attached hydrogen (secondary N) is 1. The first kappa shape index (κ1) is 20.9. The Kier molecular flexibility index (Phi) is 8.14. The van der Waals surface area contributed by atoms with E-state index in [1.54, 1.807) is 0 Å². The van der Waals surface area contributed by atoms with Crippen molar-refractivity contribution in [3.05, 3.63) is 34.3 Å². The van der Waals surface area contributed by atoms with Crippen molar-refractivity contribution in [2.45, 2.75) is 70.8 Å². The van der Waals surface area contributed by atoms with Gasteiger partial charge in [-0.25, -0.2) is 0 Å². The van der Waals surface area contributed by atoms with E-state index in [0.29, 0.717) is 19.3 Å². The van der Waals surface area contributed by atoms with Crippen LogP contribution in [-0.4, -0.2) is 29.8 Å². The fourth-order valence-corrected chi connectivity index (χ4v) is 3.99. The van der Waals surface area contributed by atoms with Crippen molar-refractivity contribution in [2.75, 3.05) is 13.1 Å². The fraction of sp³-hybridized carbons (Fsp3) is 0.619. The van der Waals surface area contributed by atoms with E-state index < -0.39 is 0 Å². The zero-order chi connectivity index (χ0) is 19.0. The maximum atomic E-state index is 12.5. The van der Waals surface area contributed by atoms with Gasteiger partial charge in [0, 0.05) is 30.4 Å². The lowest BCUT2D eigenvalue weighted by Crippen LogP contribution is -2.50. The van der Waals surface area contributed by atoms with Crippen LogP contribution in [0.1, 0.15) is 70.8 Å². The number of benzene rings is 1. The molecule has 0 bridgehead atoms. The molecule has 0 unspecified atom stereocenters. The summed E-state index contributed by atoms with van der Waals surface area (Å²) in [6.45, 7) is 5.79. The average Bonchev–Trinajstić information content (AvgIpc) is 2.58. The quantitative estimate of drug-likeness (QED) is 0.590. The average molecular weight is 423 g/mol. The summed E-state index contributed by atoms with van der Waals surface area (Å²) in [6, 6.07) is 8.19. The van der Waals surface area contributed by atoms with Crippen molar-refractivity contribution in [3.8, 4) is 0 Å². The van der Waals surface area contributed by atoms with E-state index in [-0.39, 0.29) is 17.4 Å². The predicted octanol–water partition coefficient (Wildman–Crippen LogP) is 4.76. The summed E-state index contributed by atoms with van der Waals surface area (Å²) in [5, 5.41) is 3.24. The van der Waals surface area contributed by atoms with Crippen LogP contribution in [0.25, 0.3) is 0 Å². The van der Waals surface area contributed by atoms with E-state index in [0.717, 1.165) is 49.7 Å². The van der Waals surface area contributed by atoms with Crippen LogP contribution < -0.4 is 5.32 Å². The Balaban J connectivity index is 1.83. The Morgan fingerprint density at radius 2 is 1.85 bits per heavy atom. The normalized spacial score (nSPS) is 15.2. The highest BCUT2D eigenvalue weighted by atomic mass is 79.9. The molecule has 1 aromatic rings. The summed E-state index contributed by atoms with van der Waals surface area (Å²) in [7, 11) is 0. The van der Waals surface area contributed by atoms with Gasteiger partial charge in [-0.2, -0.15) is 0 Å². The van der Waals surface area contributed by atoms with Crippen LogP contribution in [0.15, 0.2) is 28.7 Å².